The van der Waals surface area contributed by atoms with E-state index in [1.165, 1.54) is 5.56 Å². The number of thioether (sulfide) groups is 1. The summed E-state index contributed by atoms with van der Waals surface area (Å²) < 4.78 is 5.13. The van der Waals surface area contributed by atoms with Gasteiger partial charge in [0.2, 0.25) is 5.91 Å². The van der Waals surface area contributed by atoms with Gasteiger partial charge in [0.05, 0.1) is 12.9 Å². The summed E-state index contributed by atoms with van der Waals surface area (Å²) in [4.78, 5) is 27.0. The Morgan fingerprint density at radius 2 is 1.74 bits per heavy atom. The van der Waals surface area contributed by atoms with Crippen LogP contribution >= 0.6 is 11.8 Å². The fourth-order valence-corrected chi connectivity index (χ4v) is 4.85. The summed E-state index contributed by atoms with van der Waals surface area (Å²) in [5.74, 6) is 1.09. The average molecular weight is 433 g/mol. The molecule has 0 spiro atoms. The highest BCUT2D eigenvalue weighted by atomic mass is 32.2. The summed E-state index contributed by atoms with van der Waals surface area (Å²) in [6.45, 7) is 4.08. The number of aryl methyl sites for hydroxylation is 2. The largest absolute Gasteiger partial charge is 0.497 e. The van der Waals surface area contributed by atoms with Gasteiger partial charge in [-0.15, -0.1) is 11.8 Å². The third kappa shape index (κ3) is 4.44. The number of carbonyl (C=O) groups excluding carboxylic acids is 2. The fraction of sp³-hybridized carbons (Fsp3) is 0.200. The molecular weight excluding hydrogens is 408 g/mol. The number of methoxy groups -OCH3 is 1. The van der Waals surface area contributed by atoms with Crippen LogP contribution in [0.25, 0.3) is 0 Å². The van der Waals surface area contributed by atoms with Crippen LogP contribution in [0.2, 0.25) is 0 Å². The third-order valence-electron chi connectivity index (χ3n) is 5.29. The van der Waals surface area contributed by atoms with Crippen LogP contribution in [0.3, 0.4) is 0 Å². The Labute approximate surface area is 186 Å². The van der Waals surface area contributed by atoms with Gasteiger partial charge >= 0.3 is 0 Å². The van der Waals surface area contributed by atoms with Gasteiger partial charge in [-0.2, -0.15) is 0 Å². The Balaban J connectivity index is 1.51. The van der Waals surface area contributed by atoms with Gasteiger partial charge in [0.1, 0.15) is 11.1 Å². The molecule has 1 atom stereocenters. The maximum Gasteiger partial charge on any atom is 0.255 e. The Morgan fingerprint density at radius 3 is 2.39 bits per heavy atom. The molecule has 0 radical (unpaired) electrons. The number of hydrogen-bond donors (Lipinski definition) is 1. The summed E-state index contributed by atoms with van der Waals surface area (Å²) in [5.41, 5.74) is 5.50. The molecule has 5 nitrogen and oxygen atoms in total. The van der Waals surface area contributed by atoms with Crippen molar-refractivity contribution in [2.75, 3.05) is 23.1 Å². The summed E-state index contributed by atoms with van der Waals surface area (Å²) in [6, 6.07) is 20.8. The minimum atomic E-state index is -0.183. The number of ether oxygens (including phenoxy) is 1. The quantitative estimate of drug-likeness (QED) is 0.591. The Bertz CT molecular complexity index is 1110. The van der Waals surface area contributed by atoms with Gasteiger partial charge < -0.3 is 10.1 Å². The predicted octanol–water partition coefficient (Wildman–Crippen LogP) is 5.34. The molecule has 1 heterocycles. The Morgan fingerprint density at radius 1 is 1.03 bits per heavy atom. The number of rotatable bonds is 5. The Hall–Kier alpha value is -3.25. The standard InChI is InChI=1S/C25H24N2O3S/c1-16-4-13-22(17(2)14-16)27-23(28)15-31-25(27)19-5-9-20(10-6-19)26-24(29)18-7-11-21(30-3)12-8-18/h4-14,25H,15H2,1-3H3,(H,26,29)/t25-/m1/s1. The first-order valence-electron chi connectivity index (χ1n) is 10.0. The lowest BCUT2D eigenvalue weighted by Crippen LogP contribution is -2.28. The zero-order chi connectivity index (χ0) is 22.0. The average Bonchev–Trinajstić information content (AvgIpc) is 3.15. The van der Waals surface area contributed by atoms with Crippen molar-refractivity contribution in [3.05, 3.63) is 89.0 Å². The lowest BCUT2D eigenvalue weighted by Gasteiger charge is -2.26. The van der Waals surface area contributed by atoms with Gasteiger partial charge in [-0.3, -0.25) is 14.5 Å². The van der Waals surface area contributed by atoms with Crippen molar-refractivity contribution in [3.63, 3.8) is 0 Å². The number of benzene rings is 3. The van der Waals surface area contributed by atoms with Gasteiger partial charge in [-0.05, 0) is 67.4 Å². The highest BCUT2D eigenvalue weighted by molar-refractivity contribution is 8.00. The highest BCUT2D eigenvalue weighted by Crippen LogP contribution is 2.43. The van der Waals surface area contributed by atoms with Crippen LogP contribution in [0, 0.1) is 13.8 Å². The van der Waals surface area contributed by atoms with Crippen molar-refractivity contribution in [1.82, 2.24) is 0 Å². The van der Waals surface area contributed by atoms with Crippen molar-refractivity contribution in [2.24, 2.45) is 0 Å². The molecule has 1 aliphatic rings. The van der Waals surface area contributed by atoms with Gasteiger partial charge in [0.15, 0.2) is 0 Å². The van der Waals surface area contributed by atoms with E-state index < -0.39 is 0 Å². The van der Waals surface area contributed by atoms with Gasteiger partial charge in [-0.1, -0.05) is 29.8 Å². The molecule has 3 aromatic carbocycles. The minimum absolute atomic E-state index is 0.0831. The second-order valence-corrected chi connectivity index (χ2v) is 8.59. The van der Waals surface area contributed by atoms with Crippen molar-refractivity contribution < 1.29 is 14.3 Å². The van der Waals surface area contributed by atoms with E-state index in [0.717, 1.165) is 16.8 Å². The maximum atomic E-state index is 12.6. The summed E-state index contributed by atoms with van der Waals surface area (Å²) in [6.07, 6.45) is 0. The molecule has 4 rings (SSSR count). The lowest BCUT2D eigenvalue weighted by atomic mass is 10.1. The number of amides is 2. The van der Waals surface area contributed by atoms with E-state index in [0.29, 0.717) is 22.8 Å². The number of hydrogen-bond acceptors (Lipinski definition) is 4. The molecule has 158 valence electrons. The molecule has 0 aliphatic carbocycles. The summed E-state index contributed by atoms with van der Waals surface area (Å²) in [5, 5.41) is 2.83. The van der Waals surface area contributed by atoms with E-state index in [1.807, 2.05) is 55.1 Å². The van der Waals surface area contributed by atoms with Crippen LogP contribution in [-0.4, -0.2) is 24.7 Å². The van der Waals surface area contributed by atoms with E-state index in [4.69, 9.17) is 4.74 Å². The molecule has 1 fully saturated rings. The molecule has 3 aromatic rings. The first kappa shape index (κ1) is 21.0. The molecular formula is C25H24N2O3S. The zero-order valence-corrected chi connectivity index (χ0v) is 18.5. The molecule has 0 unspecified atom stereocenters. The van der Waals surface area contributed by atoms with Crippen molar-refractivity contribution in [2.45, 2.75) is 19.2 Å². The van der Waals surface area contributed by atoms with E-state index in [1.54, 1.807) is 43.1 Å². The topological polar surface area (TPSA) is 58.6 Å². The second-order valence-electron chi connectivity index (χ2n) is 7.52. The molecule has 1 saturated heterocycles. The molecule has 0 bridgehead atoms. The number of nitrogens with one attached hydrogen (secondary N) is 1. The molecule has 1 aliphatic heterocycles. The third-order valence-corrected chi connectivity index (χ3v) is 6.50. The SMILES string of the molecule is COc1ccc(C(=O)Nc2ccc([C@H]3SCC(=O)N3c3ccc(C)cc3C)cc2)cc1. The van der Waals surface area contributed by atoms with Crippen molar-refractivity contribution >= 4 is 35.0 Å². The predicted molar refractivity (Wildman–Crippen MR) is 126 cm³/mol. The van der Waals surface area contributed by atoms with Gasteiger partial charge in [0.25, 0.3) is 5.91 Å². The highest BCUT2D eigenvalue weighted by Gasteiger charge is 2.34. The molecule has 2 amide bonds. The maximum absolute atomic E-state index is 12.6. The van der Waals surface area contributed by atoms with E-state index in [2.05, 4.69) is 11.4 Å². The van der Waals surface area contributed by atoms with Crippen molar-refractivity contribution in [3.8, 4) is 5.75 Å². The first-order valence-corrected chi connectivity index (χ1v) is 11.1. The molecule has 0 saturated carbocycles. The zero-order valence-electron chi connectivity index (χ0n) is 17.7. The normalized spacial score (nSPS) is 15.8. The van der Waals surface area contributed by atoms with Crippen LogP contribution < -0.4 is 15.0 Å². The summed E-state index contributed by atoms with van der Waals surface area (Å²) >= 11 is 1.62. The van der Waals surface area contributed by atoms with Crippen LogP contribution in [0.15, 0.2) is 66.7 Å². The van der Waals surface area contributed by atoms with Crippen LogP contribution in [0.4, 0.5) is 11.4 Å². The number of anilines is 2. The minimum Gasteiger partial charge on any atom is -0.497 e. The lowest BCUT2D eigenvalue weighted by molar-refractivity contribution is -0.115. The van der Waals surface area contributed by atoms with E-state index >= 15 is 0 Å². The Kier molecular flexibility index (Phi) is 6.00. The van der Waals surface area contributed by atoms with Gasteiger partial charge in [0, 0.05) is 16.9 Å². The van der Waals surface area contributed by atoms with E-state index in [9.17, 15) is 9.59 Å². The number of nitrogens with zero attached hydrogens (tertiary/aromatic N) is 1. The van der Waals surface area contributed by atoms with Crippen LogP contribution in [-0.2, 0) is 4.79 Å². The number of carbonyl (C=O) groups is 2. The van der Waals surface area contributed by atoms with Crippen LogP contribution in [0.5, 0.6) is 5.75 Å². The molecule has 6 heteroatoms. The molecule has 0 aromatic heterocycles. The second kappa shape index (κ2) is 8.86. The smallest absolute Gasteiger partial charge is 0.255 e. The summed E-state index contributed by atoms with van der Waals surface area (Å²) in [7, 11) is 1.59. The van der Waals surface area contributed by atoms with E-state index in [-0.39, 0.29) is 17.2 Å². The fourth-order valence-electron chi connectivity index (χ4n) is 3.68. The molecule has 31 heavy (non-hydrogen) atoms. The van der Waals surface area contributed by atoms with Crippen LogP contribution in [0.1, 0.15) is 32.4 Å². The first-order chi connectivity index (χ1) is 15.0. The van der Waals surface area contributed by atoms with Gasteiger partial charge in [-0.25, -0.2) is 0 Å². The molecule has 1 N–H and O–H groups in total. The van der Waals surface area contributed by atoms with Crippen molar-refractivity contribution in [1.29, 1.82) is 0 Å². The monoisotopic (exact) mass is 432 g/mol.